The van der Waals surface area contributed by atoms with Crippen molar-refractivity contribution in [3.63, 3.8) is 0 Å². The van der Waals surface area contributed by atoms with Gasteiger partial charge in [-0.05, 0) is 103 Å². The van der Waals surface area contributed by atoms with Crippen molar-refractivity contribution in [1.82, 2.24) is 24.8 Å². The lowest BCUT2D eigenvalue weighted by Gasteiger charge is -2.42. The number of nitrogens with zero attached hydrogens (tertiary/aromatic N) is 6. The second-order valence-electron chi connectivity index (χ2n) is 18.5. The summed E-state index contributed by atoms with van der Waals surface area (Å²) in [5, 5.41) is 3.17. The number of alkyl halides is 1. The number of hydrogen-bond donors (Lipinski definition) is 1. The number of hydrogen-bond acceptors (Lipinski definition) is 11. The van der Waals surface area contributed by atoms with E-state index >= 15 is 8.78 Å². The summed E-state index contributed by atoms with van der Waals surface area (Å²) >= 11 is 0.931. The maximum absolute atomic E-state index is 17.7. The molecule has 6 heterocycles. The first kappa shape index (κ1) is 40.3. The minimum atomic E-state index is -0.957. The SMILES string of the molecule is CC(C)c1cc2c(N3CC4CCC(C3)N4C(=O)OC(C)(C)C)nc(OC[C@@]34CCCN3C[C@H](F)C4)nc2c(F)c1-c1ccc(F)c2sc(NC(=O)OC(C)(C)C)nc12. The molecule has 8 rings (SSSR count). The van der Waals surface area contributed by atoms with Gasteiger partial charge in [0, 0.05) is 42.6 Å². The maximum atomic E-state index is 17.7. The average Bonchev–Trinajstić information content (AvgIpc) is 3.86. The third-order valence-electron chi connectivity index (χ3n) is 11.5. The first-order valence-corrected chi connectivity index (χ1v) is 21.0. The van der Waals surface area contributed by atoms with Crippen LogP contribution in [-0.4, -0.2) is 105 Å². The lowest BCUT2D eigenvalue weighted by molar-refractivity contribution is 0.0122. The van der Waals surface area contributed by atoms with Crippen LogP contribution in [0.4, 0.5) is 33.7 Å². The van der Waals surface area contributed by atoms with Crippen molar-refractivity contribution >= 4 is 55.6 Å². The first-order chi connectivity index (χ1) is 27.3. The molecular weight excluding hydrogens is 772 g/mol. The van der Waals surface area contributed by atoms with E-state index in [1.165, 1.54) is 12.1 Å². The molecule has 0 radical (unpaired) electrons. The normalized spacial score (nSPS) is 23.6. The van der Waals surface area contributed by atoms with Crippen LogP contribution >= 0.6 is 11.3 Å². The lowest BCUT2D eigenvalue weighted by Crippen LogP contribution is -2.57. The summed E-state index contributed by atoms with van der Waals surface area (Å²) in [4.78, 5) is 46.4. The van der Waals surface area contributed by atoms with E-state index in [0.717, 1.165) is 43.6 Å². The largest absolute Gasteiger partial charge is 0.461 e. The van der Waals surface area contributed by atoms with Crippen LogP contribution in [0, 0.1) is 11.6 Å². The summed E-state index contributed by atoms with van der Waals surface area (Å²) in [7, 11) is 0. The number of aromatic nitrogens is 3. The fourth-order valence-electron chi connectivity index (χ4n) is 9.20. The second-order valence-corrected chi connectivity index (χ2v) is 19.5. The van der Waals surface area contributed by atoms with Gasteiger partial charge in [0.15, 0.2) is 10.9 Å². The van der Waals surface area contributed by atoms with Crippen LogP contribution < -0.4 is 15.0 Å². The zero-order chi connectivity index (χ0) is 41.5. The number of carbonyl (C=O) groups is 2. The fourth-order valence-corrected chi connectivity index (χ4v) is 10.1. The molecule has 0 aliphatic carbocycles. The molecule has 2 aromatic heterocycles. The van der Waals surface area contributed by atoms with Gasteiger partial charge in [-0.25, -0.2) is 27.7 Å². The molecule has 4 fully saturated rings. The number of fused-ring (bicyclic) bond motifs is 5. The fraction of sp³-hybridized carbons (Fsp3) is 0.595. The van der Waals surface area contributed by atoms with E-state index < -0.39 is 40.6 Å². The van der Waals surface area contributed by atoms with Crippen LogP contribution in [0.25, 0.3) is 32.2 Å². The molecule has 2 bridgehead atoms. The Morgan fingerprint density at radius 2 is 1.69 bits per heavy atom. The minimum Gasteiger partial charge on any atom is -0.461 e. The van der Waals surface area contributed by atoms with Crippen molar-refractivity contribution in [2.24, 2.45) is 0 Å². The third kappa shape index (κ3) is 7.62. The Morgan fingerprint density at radius 3 is 2.36 bits per heavy atom. The first-order valence-electron chi connectivity index (χ1n) is 20.2. The van der Waals surface area contributed by atoms with Crippen LogP contribution in [0.15, 0.2) is 18.2 Å². The van der Waals surface area contributed by atoms with E-state index in [2.05, 4.69) is 20.1 Å². The Kier molecular flexibility index (Phi) is 10.2. The Bertz CT molecular complexity index is 2260. The quantitative estimate of drug-likeness (QED) is 0.193. The van der Waals surface area contributed by atoms with E-state index in [4.69, 9.17) is 24.2 Å². The molecule has 2 unspecified atom stereocenters. The molecule has 4 aliphatic rings. The molecule has 2 amide bonds. The number of piperazine rings is 1. The number of thiazole rings is 1. The predicted molar refractivity (Wildman–Crippen MR) is 218 cm³/mol. The van der Waals surface area contributed by atoms with Gasteiger partial charge in [0.05, 0.1) is 27.8 Å². The zero-order valence-electron chi connectivity index (χ0n) is 34.4. The van der Waals surface area contributed by atoms with Crippen LogP contribution in [0.3, 0.4) is 0 Å². The number of rotatable bonds is 7. The van der Waals surface area contributed by atoms with Crippen LogP contribution in [0.5, 0.6) is 6.01 Å². The van der Waals surface area contributed by atoms with Crippen molar-refractivity contribution in [3.05, 3.63) is 35.4 Å². The summed E-state index contributed by atoms with van der Waals surface area (Å²) in [5.41, 5.74) is -0.557. The molecule has 4 aliphatic heterocycles. The van der Waals surface area contributed by atoms with E-state index in [1.54, 1.807) is 20.8 Å². The number of halogens is 3. The Morgan fingerprint density at radius 1 is 0.983 bits per heavy atom. The van der Waals surface area contributed by atoms with Gasteiger partial charge < -0.3 is 19.1 Å². The van der Waals surface area contributed by atoms with Crippen molar-refractivity contribution in [2.75, 3.05) is 43.0 Å². The molecule has 4 aromatic rings. The zero-order valence-corrected chi connectivity index (χ0v) is 35.2. The molecule has 12 nitrogen and oxygen atoms in total. The highest BCUT2D eigenvalue weighted by Gasteiger charge is 2.50. The highest BCUT2D eigenvalue weighted by Crippen LogP contribution is 2.45. The van der Waals surface area contributed by atoms with E-state index in [-0.39, 0.29) is 63.1 Å². The van der Waals surface area contributed by atoms with Gasteiger partial charge in [-0.3, -0.25) is 15.1 Å². The van der Waals surface area contributed by atoms with Crippen LogP contribution in [0.2, 0.25) is 0 Å². The predicted octanol–water partition coefficient (Wildman–Crippen LogP) is 9.20. The molecule has 4 atom stereocenters. The highest BCUT2D eigenvalue weighted by molar-refractivity contribution is 7.22. The summed E-state index contributed by atoms with van der Waals surface area (Å²) < 4.78 is 65.6. The molecule has 2 aromatic carbocycles. The Labute approximate surface area is 340 Å². The molecule has 0 saturated carbocycles. The van der Waals surface area contributed by atoms with Gasteiger partial charge in [-0.1, -0.05) is 25.2 Å². The summed E-state index contributed by atoms with van der Waals surface area (Å²) in [6.45, 7) is 16.8. The van der Waals surface area contributed by atoms with Gasteiger partial charge >= 0.3 is 18.2 Å². The number of nitrogens with one attached hydrogen (secondary N) is 1. The van der Waals surface area contributed by atoms with Crippen LogP contribution in [-0.2, 0) is 9.47 Å². The van der Waals surface area contributed by atoms with E-state index in [9.17, 15) is 14.0 Å². The smallest absolute Gasteiger partial charge is 0.413 e. The standard InChI is InChI=1S/C42H52F3N7O5S/c1-22(2)27-16-28-32(31(45)30(27)26-12-13-29(44)34-33(26)47-37(58-34)49-38(53)56-40(3,4)5)46-36(55-21-42-14-9-15-51(42)18-23(43)17-42)48-35(28)50-19-24-10-11-25(20-50)52(24)39(54)57-41(6,7)8/h12-13,16,22-25H,9-11,14-15,17-21H2,1-8H3,(H,47,49,53)/t23-,24?,25?,42+/m1/s1. The minimum absolute atomic E-state index is 0.0108. The number of ether oxygens (including phenoxy) is 3. The van der Waals surface area contributed by atoms with Gasteiger partial charge in [-0.15, -0.1) is 0 Å². The van der Waals surface area contributed by atoms with Gasteiger partial charge in [-0.2, -0.15) is 9.97 Å². The Balaban J connectivity index is 1.24. The maximum Gasteiger partial charge on any atom is 0.413 e. The number of anilines is 2. The number of benzene rings is 2. The topological polar surface area (TPSA) is 122 Å². The molecular formula is C42H52F3N7O5S. The van der Waals surface area contributed by atoms with E-state index in [1.807, 2.05) is 45.6 Å². The number of carbonyl (C=O) groups excluding carboxylic acids is 2. The van der Waals surface area contributed by atoms with Crippen LogP contribution in [0.1, 0.15) is 99.0 Å². The third-order valence-corrected chi connectivity index (χ3v) is 12.5. The summed E-state index contributed by atoms with van der Waals surface area (Å²) in [6, 6.07) is 4.33. The lowest BCUT2D eigenvalue weighted by atomic mass is 9.89. The summed E-state index contributed by atoms with van der Waals surface area (Å²) in [6.07, 6.45) is 1.56. The molecule has 4 saturated heterocycles. The monoisotopic (exact) mass is 823 g/mol. The van der Waals surface area contributed by atoms with Gasteiger partial charge in [0.2, 0.25) is 0 Å². The molecule has 1 N–H and O–H groups in total. The highest BCUT2D eigenvalue weighted by atomic mass is 32.1. The van der Waals surface area contributed by atoms with Gasteiger partial charge in [0.25, 0.3) is 0 Å². The summed E-state index contributed by atoms with van der Waals surface area (Å²) in [5.74, 6) is -0.952. The van der Waals surface area contributed by atoms with E-state index in [0.29, 0.717) is 48.4 Å². The van der Waals surface area contributed by atoms with Crippen molar-refractivity contribution in [1.29, 1.82) is 0 Å². The molecule has 16 heteroatoms. The second kappa shape index (κ2) is 14.7. The molecule has 58 heavy (non-hydrogen) atoms. The van der Waals surface area contributed by atoms with Crippen molar-refractivity contribution in [2.45, 2.75) is 128 Å². The average molecular weight is 824 g/mol. The molecule has 312 valence electrons. The van der Waals surface area contributed by atoms with Crippen molar-refractivity contribution < 1.29 is 37.0 Å². The Hall–Kier alpha value is -4.44. The van der Waals surface area contributed by atoms with Gasteiger partial charge in [0.1, 0.15) is 41.1 Å². The number of amides is 2. The molecule has 0 spiro atoms. The van der Waals surface area contributed by atoms with Crippen molar-refractivity contribution in [3.8, 4) is 17.1 Å².